The maximum atomic E-state index is 11.7. The van der Waals surface area contributed by atoms with Gasteiger partial charge in [-0.05, 0) is 22.0 Å². The van der Waals surface area contributed by atoms with E-state index in [1.807, 2.05) is 13.1 Å². The maximum absolute atomic E-state index is 11.7. The molecular formula is C10H11BrN4O2. The van der Waals surface area contributed by atoms with Gasteiger partial charge in [0.05, 0.1) is 4.47 Å². The van der Waals surface area contributed by atoms with E-state index < -0.39 is 5.69 Å². The second kappa shape index (κ2) is 4.70. The van der Waals surface area contributed by atoms with Gasteiger partial charge in [-0.1, -0.05) is 0 Å². The van der Waals surface area contributed by atoms with Crippen molar-refractivity contribution in [1.82, 2.24) is 19.3 Å². The highest BCUT2D eigenvalue weighted by molar-refractivity contribution is 9.10. The Kier molecular flexibility index (Phi) is 3.28. The van der Waals surface area contributed by atoms with Crippen LogP contribution in [0.1, 0.15) is 5.69 Å². The Labute approximate surface area is 105 Å². The molecule has 0 saturated heterocycles. The highest BCUT2D eigenvalue weighted by atomic mass is 79.9. The molecule has 0 amide bonds. The lowest BCUT2D eigenvalue weighted by Gasteiger charge is -2.05. The quantitative estimate of drug-likeness (QED) is 0.884. The molecule has 0 unspecified atom stereocenters. The molecule has 0 aliphatic carbocycles. The number of nitrogens with one attached hydrogen (secondary N) is 1. The van der Waals surface area contributed by atoms with Gasteiger partial charge in [0.1, 0.15) is 0 Å². The fraction of sp³-hybridized carbons (Fsp3) is 0.300. The van der Waals surface area contributed by atoms with Crippen LogP contribution in [0, 0.1) is 0 Å². The van der Waals surface area contributed by atoms with Gasteiger partial charge in [-0.15, -0.1) is 0 Å². The molecule has 0 aliphatic heterocycles. The van der Waals surface area contributed by atoms with Gasteiger partial charge in [0, 0.05) is 38.1 Å². The summed E-state index contributed by atoms with van der Waals surface area (Å²) in [4.78, 5) is 25.7. The Hall–Kier alpha value is -1.63. The predicted molar refractivity (Wildman–Crippen MR) is 65.9 cm³/mol. The van der Waals surface area contributed by atoms with E-state index in [-0.39, 0.29) is 5.56 Å². The van der Waals surface area contributed by atoms with Crippen molar-refractivity contribution >= 4 is 15.9 Å². The normalized spacial score (nSPS) is 10.7. The van der Waals surface area contributed by atoms with Gasteiger partial charge < -0.3 is 4.98 Å². The third-order valence-electron chi connectivity index (χ3n) is 2.53. The Morgan fingerprint density at radius 3 is 2.88 bits per heavy atom. The van der Waals surface area contributed by atoms with Crippen molar-refractivity contribution in [3.8, 4) is 0 Å². The molecule has 2 aromatic rings. The first-order valence-electron chi connectivity index (χ1n) is 5.04. The van der Waals surface area contributed by atoms with E-state index in [1.165, 1.54) is 6.20 Å². The van der Waals surface area contributed by atoms with Crippen LogP contribution < -0.4 is 11.2 Å². The van der Waals surface area contributed by atoms with Crippen molar-refractivity contribution in [1.29, 1.82) is 0 Å². The van der Waals surface area contributed by atoms with Gasteiger partial charge in [-0.3, -0.25) is 14.0 Å². The molecule has 0 spiro atoms. The Balaban J connectivity index is 2.26. The fourth-order valence-electron chi connectivity index (χ4n) is 1.56. The number of halogens is 1. The van der Waals surface area contributed by atoms with Crippen LogP contribution in [-0.2, 0) is 20.0 Å². The average Bonchev–Trinajstić information content (AvgIpc) is 2.70. The van der Waals surface area contributed by atoms with Gasteiger partial charge >= 0.3 is 5.69 Å². The Morgan fingerprint density at radius 2 is 2.24 bits per heavy atom. The highest BCUT2D eigenvalue weighted by Crippen LogP contribution is 2.00. The summed E-state index contributed by atoms with van der Waals surface area (Å²) in [5, 5.41) is 4.03. The molecule has 0 radical (unpaired) electrons. The number of nitrogens with zero attached hydrogens (tertiary/aromatic N) is 3. The third-order valence-corrected chi connectivity index (χ3v) is 3.10. The number of hydrogen-bond acceptors (Lipinski definition) is 3. The van der Waals surface area contributed by atoms with E-state index in [2.05, 4.69) is 26.0 Å². The third kappa shape index (κ3) is 2.38. The van der Waals surface area contributed by atoms with Gasteiger partial charge in [0.15, 0.2) is 0 Å². The second-order valence-corrected chi connectivity index (χ2v) is 4.45. The summed E-state index contributed by atoms with van der Waals surface area (Å²) in [6.07, 6.45) is 3.62. The largest absolute Gasteiger partial charge is 0.328 e. The van der Waals surface area contributed by atoms with Gasteiger partial charge in [0.25, 0.3) is 5.56 Å². The molecule has 7 heteroatoms. The zero-order valence-corrected chi connectivity index (χ0v) is 10.8. The standard InChI is InChI=1S/C10H11BrN4O2/c1-14-7(2-4-13-14)3-5-15-9(16)8(11)6-12-10(15)17/h2,4,6H,3,5H2,1H3,(H,12,17). The van der Waals surface area contributed by atoms with Crippen LogP contribution >= 0.6 is 15.9 Å². The molecule has 17 heavy (non-hydrogen) atoms. The lowest BCUT2D eigenvalue weighted by atomic mass is 10.3. The van der Waals surface area contributed by atoms with E-state index in [1.54, 1.807) is 10.9 Å². The number of aromatic amines is 1. The smallest absolute Gasteiger partial charge is 0.313 e. The molecule has 90 valence electrons. The van der Waals surface area contributed by atoms with E-state index >= 15 is 0 Å². The number of rotatable bonds is 3. The van der Waals surface area contributed by atoms with E-state index in [0.717, 1.165) is 10.3 Å². The Morgan fingerprint density at radius 1 is 1.47 bits per heavy atom. The Bertz CT molecular complexity index is 640. The number of aryl methyl sites for hydroxylation is 2. The van der Waals surface area contributed by atoms with Crippen LogP contribution in [0.25, 0.3) is 0 Å². The molecule has 0 atom stereocenters. The molecule has 0 fully saturated rings. The van der Waals surface area contributed by atoms with Crippen LogP contribution in [0.5, 0.6) is 0 Å². The minimum absolute atomic E-state index is 0.323. The van der Waals surface area contributed by atoms with Gasteiger partial charge in [-0.2, -0.15) is 5.10 Å². The molecular weight excluding hydrogens is 288 g/mol. The van der Waals surface area contributed by atoms with E-state index in [0.29, 0.717) is 17.4 Å². The van der Waals surface area contributed by atoms with Crippen LogP contribution in [0.2, 0.25) is 0 Å². The number of H-pyrrole nitrogens is 1. The van der Waals surface area contributed by atoms with Crippen molar-refractivity contribution in [2.75, 3.05) is 0 Å². The van der Waals surface area contributed by atoms with Gasteiger partial charge in [0.2, 0.25) is 0 Å². The fourth-order valence-corrected chi connectivity index (χ4v) is 1.89. The van der Waals surface area contributed by atoms with Crippen molar-refractivity contribution in [3.63, 3.8) is 0 Å². The molecule has 2 aromatic heterocycles. The summed E-state index contributed by atoms with van der Waals surface area (Å²) in [5.41, 5.74) is 0.243. The van der Waals surface area contributed by atoms with Crippen LogP contribution in [-0.4, -0.2) is 19.3 Å². The molecule has 0 aromatic carbocycles. The minimum Gasteiger partial charge on any atom is -0.313 e. The summed E-state index contributed by atoms with van der Waals surface area (Å²) in [6.45, 7) is 0.327. The number of hydrogen-bond donors (Lipinski definition) is 1. The molecule has 1 N–H and O–H groups in total. The topological polar surface area (TPSA) is 72.7 Å². The second-order valence-electron chi connectivity index (χ2n) is 3.59. The molecule has 6 nitrogen and oxygen atoms in total. The van der Waals surface area contributed by atoms with Crippen LogP contribution in [0.4, 0.5) is 0 Å². The van der Waals surface area contributed by atoms with Crippen LogP contribution in [0.15, 0.2) is 32.5 Å². The van der Waals surface area contributed by atoms with Crippen molar-refractivity contribution < 1.29 is 0 Å². The first-order valence-corrected chi connectivity index (χ1v) is 5.84. The SMILES string of the molecule is Cn1nccc1CCn1c(=O)[nH]cc(Br)c1=O. The van der Waals surface area contributed by atoms with E-state index in [4.69, 9.17) is 0 Å². The zero-order valence-electron chi connectivity index (χ0n) is 9.18. The lowest BCUT2D eigenvalue weighted by molar-refractivity contribution is 0.594. The van der Waals surface area contributed by atoms with Crippen LogP contribution in [0.3, 0.4) is 0 Å². The predicted octanol–water partition coefficient (Wildman–Crippen LogP) is 0.275. The highest BCUT2D eigenvalue weighted by Gasteiger charge is 2.06. The first-order chi connectivity index (χ1) is 8.09. The first kappa shape index (κ1) is 11.8. The molecule has 0 aliphatic rings. The number of aromatic nitrogens is 4. The summed E-state index contributed by atoms with van der Waals surface area (Å²) in [5.74, 6) is 0. The maximum Gasteiger partial charge on any atom is 0.328 e. The molecule has 2 rings (SSSR count). The molecule has 0 bridgehead atoms. The van der Waals surface area contributed by atoms with Crippen molar-refractivity contribution in [3.05, 3.63) is 49.5 Å². The summed E-state index contributed by atoms with van der Waals surface area (Å²) >= 11 is 3.09. The minimum atomic E-state index is -0.402. The summed E-state index contributed by atoms with van der Waals surface area (Å²) in [7, 11) is 1.82. The van der Waals surface area contributed by atoms with Gasteiger partial charge in [-0.25, -0.2) is 4.79 Å². The molecule has 2 heterocycles. The summed E-state index contributed by atoms with van der Waals surface area (Å²) < 4.78 is 3.23. The molecule has 0 saturated carbocycles. The summed E-state index contributed by atoms with van der Waals surface area (Å²) in [6, 6.07) is 1.86. The van der Waals surface area contributed by atoms with Crippen molar-refractivity contribution in [2.24, 2.45) is 7.05 Å². The monoisotopic (exact) mass is 298 g/mol. The van der Waals surface area contributed by atoms with Crippen molar-refractivity contribution in [2.45, 2.75) is 13.0 Å². The van der Waals surface area contributed by atoms with E-state index in [9.17, 15) is 9.59 Å². The average molecular weight is 299 g/mol. The lowest BCUT2D eigenvalue weighted by Crippen LogP contribution is -2.35. The zero-order chi connectivity index (χ0) is 12.4.